The summed E-state index contributed by atoms with van der Waals surface area (Å²) in [5.74, 6) is 1.66. The minimum Gasteiger partial charge on any atom is -0.494 e. The first-order valence-electron chi connectivity index (χ1n) is 10.4. The summed E-state index contributed by atoms with van der Waals surface area (Å²) in [7, 11) is 0. The van der Waals surface area contributed by atoms with Gasteiger partial charge in [-0.2, -0.15) is 4.98 Å². The number of amides is 1. The third-order valence-corrected chi connectivity index (χ3v) is 6.41. The molecule has 1 amide bonds. The highest BCUT2D eigenvalue weighted by atomic mass is 35.5. The number of thiophene rings is 1. The van der Waals surface area contributed by atoms with E-state index in [1.54, 1.807) is 16.2 Å². The largest absolute Gasteiger partial charge is 0.494 e. The van der Waals surface area contributed by atoms with Crippen LogP contribution in [0.15, 0.2) is 24.3 Å². The summed E-state index contributed by atoms with van der Waals surface area (Å²) in [4.78, 5) is 27.1. The van der Waals surface area contributed by atoms with E-state index in [2.05, 4.69) is 33.9 Å². The van der Waals surface area contributed by atoms with Crippen molar-refractivity contribution < 1.29 is 14.3 Å². The van der Waals surface area contributed by atoms with E-state index in [9.17, 15) is 4.79 Å². The molecule has 2 aromatic heterocycles. The quantitative estimate of drug-likeness (QED) is 0.499. The van der Waals surface area contributed by atoms with Crippen LogP contribution in [0, 0.1) is 6.92 Å². The number of piperazine rings is 1. The molecule has 0 unspecified atom stereocenters. The van der Waals surface area contributed by atoms with Gasteiger partial charge in [-0.1, -0.05) is 12.1 Å². The molecule has 0 saturated carbocycles. The lowest BCUT2D eigenvalue weighted by atomic mass is 10.0. The van der Waals surface area contributed by atoms with Crippen LogP contribution in [0.4, 0.5) is 10.6 Å². The van der Waals surface area contributed by atoms with Gasteiger partial charge in [0, 0.05) is 36.6 Å². The first-order valence-corrected chi connectivity index (χ1v) is 11.6. The molecule has 31 heavy (non-hydrogen) atoms. The van der Waals surface area contributed by atoms with Crippen molar-refractivity contribution in [2.75, 3.05) is 44.3 Å². The molecule has 0 aliphatic carbocycles. The zero-order valence-electron chi connectivity index (χ0n) is 17.9. The van der Waals surface area contributed by atoms with E-state index in [-0.39, 0.29) is 11.4 Å². The Labute approximate surface area is 190 Å². The molecule has 0 bridgehead atoms. The molecule has 3 heterocycles. The molecule has 0 atom stereocenters. The zero-order chi connectivity index (χ0) is 22.0. The Morgan fingerprint density at radius 1 is 1.10 bits per heavy atom. The van der Waals surface area contributed by atoms with Crippen molar-refractivity contribution in [3.8, 4) is 16.9 Å². The molecule has 0 N–H and O–H groups in total. The molecule has 1 aliphatic heterocycles. The van der Waals surface area contributed by atoms with Gasteiger partial charge in [-0.25, -0.2) is 9.78 Å². The smallest absolute Gasteiger partial charge is 0.409 e. The summed E-state index contributed by atoms with van der Waals surface area (Å²) >= 11 is 7.90. The lowest BCUT2D eigenvalue weighted by Crippen LogP contribution is -2.49. The number of halogens is 1. The molecule has 0 spiro atoms. The van der Waals surface area contributed by atoms with E-state index in [0.717, 1.165) is 37.8 Å². The second kappa shape index (κ2) is 9.28. The first-order chi connectivity index (χ1) is 15.0. The molecule has 7 nitrogen and oxygen atoms in total. The van der Waals surface area contributed by atoms with Gasteiger partial charge in [-0.3, -0.25) is 0 Å². The Balaban J connectivity index is 1.70. The maximum Gasteiger partial charge on any atom is 0.409 e. The predicted molar refractivity (Wildman–Crippen MR) is 125 cm³/mol. The van der Waals surface area contributed by atoms with Gasteiger partial charge in [0.15, 0.2) is 0 Å². The number of carbonyl (C=O) groups is 1. The van der Waals surface area contributed by atoms with Crippen LogP contribution in [-0.2, 0) is 4.74 Å². The third kappa shape index (κ3) is 4.41. The summed E-state index contributed by atoms with van der Waals surface area (Å²) in [6.45, 7) is 9.34. The van der Waals surface area contributed by atoms with Crippen molar-refractivity contribution in [3.63, 3.8) is 0 Å². The van der Waals surface area contributed by atoms with Crippen LogP contribution in [0.25, 0.3) is 21.3 Å². The van der Waals surface area contributed by atoms with Crippen LogP contribution in [0.2, 0.25) is 5.28 Å². The lowest BCUT2D eigenvalue weighted by molar-refractivity contribution is 0.105. The van der Waals surface area contributed by atoms with Gasteiger partial charge in [0.1, 0.15) is 16.4 Å². The number of fused-ring (bicyclic) bond motifs is 1. The summed E-state index contributed by atoms with van der Waals surface area (Å²) in [6, 6.07) is 8.10. The first kappa shape index (κ1) is 21.6. The van der Waals surface area contributed by atoms with E-state index in [1.807, 2.05) is 26.0 Å². The Morgan fingerprint density at radius 3 is 2.45 bits per heavy atom. The average molecular weight is 461 g/mol. The highest BCUT2D eigenvalue weighted by Gasteiger charge is 2.27. The fraction of sp³-hybridized carbons (Fsp3) is 0.409. The van der Waals surface area contributed by atoms with Crippen molar-refractivity contribution in [1.29, 1.82) is 0 Å². The van der Waals surface area contributed by atoms with Gasteiger partial charge >= 0.3 is 6.09 Å². The maximum atomic E-state index is 12.1. The van der Waals surface area contributed by atoms with Gasteiger partial charge in [-0.15, -0.1) is 11.3 Å². The summed E-state index contributed by atoms with van der Waals surface area (Å²) in [5, 5.41) is 1.23. The van der Waals surface area contributed by atoms with Crippen LogP contribution < -0.4 is 9.64 Å². The molecule has 1 aliphatic rings. The second-order valence-corrected chi connectivity index (χ2v) is 8.70. The van der Waals surface area contributed by atoms with Crippen molar-refractivity contribution in [2.45, 2.75) is 20.8 Å². The molecule has 1 aromatic carbocycles. The molecule has 4 rings (SSSR count). The van der Waals surface area contributed by atoms with Gasteiger partial charge in [0.05, 0.1) is 18.6 Å². The standard InChI is InChI=1S/C22H25ClN4O3S/c1-4-29-16-8-6-15(7-9-16)17-14(3)31-20-18(17)19(24-21(23)25-20)26-10-12-27(13-11-26)22(28)30-5-2/h6-9H,4-5,10-13H2,1-3H3. The number of aromatic nitrogens is 2. The molecular weight excluding hydrogens is 436 g/mol. The van der Waals surface area contributed by atoms with Crippen LogP contribution in [0.3, 0.4) is 0 Å². The molecule has 1 saturated heterocycles. The molecule has 164 valence electrons. The summed E-state index contributed by atoms with van der Waals surface area (Å²) in [5.41, 5.74) is 2.20. The summed E-state index contributed by atoms with van der Waals surface area (Å²) < 4.78 is 10.7. The third-order valence-electron chi connectivity index (χ3n) is 5.24. The number of aryl methyl sites for hydroxylation is 1. The highest BCUT2D eigenvalue weighted by molar-refractivity contribution is 7.19. The van der Waals surface area contributed by atoms with E-state index in [0.29, 0.717) is 39.4 Å². The van der Waals surface area contributed by atoms with Crippen LogP contribution >= 0.6 is 22.9 Å². The Morgan fingerprint density at radius 2 is 1.81 bits per heavy atom. The number of rotatable bonds is 5. The minimum atomic E-state index is -0.269. The highest BCUT2D eigenvalue weighted by Crippen LogP contribution is 2.42. The number of benzene rings is 1. The van der Waals surface area contributed by atoms with Gasteiger partial charge in [-0.05, 0) is 50.1 Å². The lowest BCUT2D eigenvalue weighted by Gasteiger charge is -2.35. The molecule has 1 fully saturated rings. The number of hydrogen-bond donors (Lipinski definition) is 0. The number of anilines is 1. The Bertz CT molecular complexity index is 1080. The minimum absolute atomic E-state index is 0.231. The van der Waals surface area contributed by atoms with E-state index in [1.165, 1.54) is 0 Å². The monoisotopic (exact) mass is 460 g/mol. The zero-order valence-corrected chi connectivity index (χ0v) is 19.4. The van der Waals surface area contributed by atoms with Gasteiger partial charge < -0.3 is 19.3 Å². The number of hydrogen-bond acceptors (Lipinski definition) is 7. The van der Waals surface area contributed by atoms with Gasteiger partial charge in [0.25, 0.3) is 0 Å². The Hall–Kier alpha value is -2.58. The topological polar surface area (TPSA) is 67.8 Å². The molecule has 9 heteroatoms. The van der Waals surface area contributed by atoms with E-state index >= 15 is 0 Å². The molecule has 0 radical (unpaired) electrons. The van der Waals surface area contributed by atoms with Crippen molar-refractivity contribution in [1.82, 2.24) is 14.9 Å². The average Bonchev–Trinajstić information content (AvgIpc) is 3.09. The van der Waals surface area contributed by atoms with E-state index < -0.39 is 0 Å². The SMILES string of the molecule is CCOC(=O)N1CCN(c2nc(Cl)nc3sc(C)c(-c4ccc(OCC)cc4)c23)CC1. The summed E-state index contributed by atoms with van der Waals surface area (Å²) in [6.07, 6.45) is -0.269. The van der Waals surface area contributed by atoms with Crippen molar-refractivity contribution >= 4 is 45.1 Å². The Kier molecular flexibility index (Phi) is 6.48. The normalized spacial score (nSPS) is 14.2. The van der Waals surface area contributed by atoms with Crippen LogP contribution in [0.5, 0.6) is 5.75 Å². The van der Waals surface area contributed by atoms with Crippen molar-refractivity contribution in [3.05, 3.63) is 34.4 Å². The van der Waals surface area contributed by atoms with Crippen LogP contribution in [-0.4, -0.2) is 60.4 Å². The predicted octanol–water partition coefficient (Wildman–Crippen LogP) is 5.00. The number of ether oxygens (including phenoxy) is 2. The fourth-order valence-electron chi connectivity index (χ4n) is 3.84. The second-order valence-electron chi connectivity index (χ2n) is 7.16. The molecule has 3 aromatic rings. The van der Waals surface area contributed by atoms with Crippen molar-refractivity contribution in [2.24, 2.45) is 0 Å². The maximum absolute atomic E-state index is 12.1. The fourth-order valence-corrected chi connectivity index (χ4v) is 5.10. The number of carbonyl (C=O) groups excluding carboxylic acids is 1. The van der Waals surface area contributed by atoms with Gasteiger partial charge in [0.2, 0.25) is 5.28 Å². The molecular formula is C22H25ClN4O3S. The van der Waals surface area contributed by atoms with Crippen LogP contribution in [0.1, 0.15) is 18.7 Å². The van der Waals surface area contributed by atoms with E-state index in [4.69, 9.17) is 21.1 Å². The number of nitrogens with zero attached hydrogens (tertiary/aromatic N) is 4.